The van der Waals surface area contributed by atoms with Crippen LogP contribution in [-0.2, 0) is 4.74 Å². The summed E-state index contributed by atoms with van der Waals surface area (Å²) in [5.41, 5.74) is 0.485. The maximum atomic E-state index is 5.60. The van der Waals surface area contributed by atoms with E-state index in [1.54, 1.807) is 0 Å². The highest BCUT2D eigenvalue weighted by atomic mass is 16.5. The Morgan fingerprint density at radius 2 is 1.78 bits per heavy atom. The molecular weight excluding hydrogens is 226 g/mol. The minimum absolute atomic E-state index is 0.485. The highest BCUT2D eigenvalue weighted by Gasteiger charge is 2.47. The summed E-state index contributed by atoms with van der Waals surface area (Å²) >= 11 is 0. The lowest BCUT2D eigenvalue weighted by Gasteiger charge is -2.52. The van der Waals surface area contributed by atoms with Crippen molar-refractivity contribution >= 4 is 0 Å². The molecule has 0 aromatic rings. The van der Waals surface area contributed by atoms with Crippen LogP contribution in [0.1, 0.15) is 12.8 Å². The van der Waals surface area contributed by atoms with Gasteiger partial charge in [0.15, 0.2) is 0 Å². The number of rotatable bonds is 3. The molecule has 0 aromatic carbocycles. The first-order valence-electron chi connectivity index (χ1n) is 7.48. The van der Waals surface area contributed by atoms with Gasteiger partial charge in [-0.1, -0.05) is 0 Å². The summed E-state index contributed by atoms with van der Waals surface area (Å²) in [6.07, 6.45) is 2.73. The number of piperazine rings is 1. The Morgan fingerprint density at radius 1 is 1.11 bits per heavy atom. The van der Waals surface area contributed by atoms with Gasteiger partial charge in [0.2, 0.25) is 0 Å². The van der Waals surface area contributed by atoms with E-state index in [-0.39, 0.29) is 0 Å². The molecule has 3 fully saturated rings. The van der Waals surface area contributed by atoms with Gasteiger partial charge in [0.25, 0.3) is 0 Å². The standard InChI is InChI=1S/C14H27N3O/c1-16-6-2-13(3-7-16)14(11-18-12-14)10-17-8-4-15-5-9-17/h13,15H,2-12H2,1H3. The first kappa shape index (κ1) is 12.9. The minimum Gasteiger partial charge on any atom is -0.380 e. The Hall–Kier alpha value is -0.160. The number of piperidine rings is 1. The van der Waals surface area contributed by atoms with Crippen LogP contribution in [0.5, 0.6) is 0 Å². The Morgan fingerprint density at radius 3 is 2.33 bits per heavy atom. The molecule has 18 heavy (non-hydrogen) atoms. The van der Waals surface area contributed by atoms with E-state index < -0.39 is 0 Å². The SMILES string of the molecule is CN1CCC(C2(CN3CCNCC3)COC2)CC1. The molecule has 3 aliphatic rings. The second kappa shape index (κ2) is 5.45. The maximum absolute atomic E-state index is 5.60. The third kappa shape index (κ3) is 2.57. The lowest BCUT2D eigenvalue weighted by atomic mass is 9.69. The molecule has 4 heteroatoms. The molecule has 0 radical (unpaired) electrons. The normalized spacial score (nSPS) is 31.2. The molecule has 0 aromatic heterocycles. The Balaban J connectivity index is 1.59. The highest BCUT2D eigenvalue weighted by Crippen LogP contribution is 2.42. The van der Waals surface area contributed by atoms with Crippen LogP contribution in [0.2, 0.25) is 0 Å². The zero-order chi connectivity index (χ0) is 12.4. The van der Waals surface area contributed by atoms with Crippen LogP contribution < -0.4 is 5.32 Å². The molecular formula is C14H27N3O. The summed E-state index contributed by atoms with van der Waals surface area (Å²) < 4.78 is 5.60. The number of hydrogen-bond donors (Lipinski definition) is 1. The second-order valence-electron chi connectivity index (χ2n) is 6.46. The van der Waals surface area contributed by atoms with Crippen LogP contribution >= 0.6 is 0 Å². The first-order chi connectivity index (χ1) is 8.78. The summed E-state index contributed by atoms with van der Waals surface area (Å²) in [5, 5.41) is 3.44. The third-order valence-corrected chi connectivity index (χ3v) is 5.11. The van der Waals surface area contributed by atoms with E-state index in [2.05, 4.69) is 22.2 Å². The number of nitrogens with one attached hydrogen (secondary N) is 1. The molecule has 0 amide bonds. The lowest BCUT2D eigenvalue weighted by molar-refractivity contribution is -0.166. The molecule has 0 spiro atoms. The molecule has 104 valence electrons. The fraction of sp³-hybridized carbons (Fsp3) is 1.00. The molecule has 3 aliphatic heterocycles. The van der Waals surface area contributed by atoms with Crippen LogP contribution in [0.3, 0.4) is 0 Å². The summed E-state index contributed by atoms with van der Waals surface area (Å²) in [6.45, 7) is 10.6. The average molecular weight is 253 g/mol. The van der Waals surface area contributed by atoms with Crippen LogP contribution in [0.4, 0.5) is 0 Å². The summed E-state index contributed by atoms with van der Waals surface area (Å²) in [4.78, 5) is 5.12. The highest BCUT2D eigenvalue weighted by molar-refractivity contribution is 4.96. The summed E-state index contributed by atoms with van der Waals surface area (Å²) in [7, 11) is 2.25. The van der Waals surface area contributed by atoms with Crippen molar-refractivity contribution in [1.29, 1.82) is 0 Å². The van der Waals surface area contributed by atoms with Gasteiger partial charge in [0.1, 0.15) is 0 Å². The Bertz CT molecular complexity index is 266. The van der Waals surface area contributed by atoms with Gasteiger partial charge in [0, 0.05) is 38.1 Å². The lowest BCUT2D eigenvalue weighted by Crippen LogP contribution is -2.59. The van der Waals surface area contributed by atoms with Gasteiger partial charge < -0.3 is 19.9 Å². The van der Waals surface area contributed by atoms with Gasteiger partial charge >= 0.3 is 0 Å². The number of nitrogens with zero attached hydrogens (tertiary/aromatic N) is 2. The molecule has 1 N–H and O–H groups in total. The molecule has 0 unspecified atom stereocenters. The third-order valence-electron chi connectivity index (χ3n) is 5.11. The number of likely N-dealkylation sites (tertiary alicyclic amines) is 1. The van der Waals surface area contributed by atoms with Crippen LogP contribution in [-0.4, -0.2) is 75.9 Å². The molecule has 3 rings (SSSR count). The van der Waals surface area contributed by atoms with E-state index >= 15 is 0 Å². The predicted octanol–water partition coefficient (Wildman–Crippen LogP) is 0.250. The van der Waals surface area contributed by atoms with Crippen molar-refractivity contribution in [2.75, 3.05) is 66.1 Å². The van der Waals surface area contributed by atoms with Gasteiger partial charge in [-0.05, 0) is 38.9 Å². The molecule has 4 nitrogen and oxygen atoms in total. The second-order valence-corrected chi connectivity index (χ2v) is 6.46. The molecule has 3 heterocycles. The van der Waals surface area contributed by atoms with Crippen LogP contribution in [0.25, 0.3) is 0 Å². The van der Waals surface area contributed by atoms with Crippen molar-refractivity contribution < 1.29 is 4.74 Å². The van der Waals surface area contributed by atoms with Gasteiger partial charge in [-0.2, -0.15) is 0 Å². The molecule has 0 bridgehead atoms. The fourth-order valence-electron chi connectivity index (χ4n) is 3.76. The quantitative estimate of drug-likeness (QED) is 0.780. The smallest absolute Gasteiger partial charge is 0.0559 e. The fourth-order valence-corrected chi connectivity index (χ4v) is 3.76. The van der Waals surface area contributed by atoms with E-state index in [9.17, 15) is 0 Å². The van der Waals surface area contributed by atoms with Crippen molar-refractivity contribution in [3.63, 3.8) is 0 Å². The van der Waals surface area contributed by atoms with Crippen molar-refractivity contribution in [1.82, 2.24) is 15.1 Å². The molecule has 0 atom stereocenters. The van der Waals surface area contributed by atoms with E-state index in [4.69, 9.17) is 4.74 Å². The Labute approximate surface area is 111 Å². The van der Waals surface area contributed by atoms with E-state index in [0.29, 0.717) is 5.41 Å². The van der Waals surface area contributed by atoms with Crippen molar-refractivity contribution in [2.24, 2.45) is 11.3 Å². The van der Waals surface area contributed by atoms with Crippen molar-refractivity contribution in [3.05, 3.63) is 0 Å². The van der Waals surface area contributed by atoms with Gasteiger partial charge in [-0.25, -0.2) is 0 Å². The van der Waals surface area contributed by atoms with Gasteiger partial charge in [0.05, 0.1) is 13.2 Å². The minimum atomic E-state index is 0.485. The first-order valence-corrected chi connectivity index (χ1v) is 7.48. The van der Waals surface area contributed by atoms with Gasteiger partial charge in [-0.3, -0.25) is 0 Å². The van der Waals surface area contributed by atoms with E-state index in [1.807, 2.05) is 0 Å². The Kier molecular flexibility index (Phi) is 3.89. The number of hydrogen-bond acceptors (Lipinski definition) is 4. The van der Waals surface area contributed by atoms with Crippen LogP contribution in [0, 0.1) is 11.3 Å². The summed E-state index contributed by atoms with van der Waals surface area (Å²) in [6, 6.07) is 0. The zero-order valence-electron chi connectivity index (χ0n) is 11.7. The largest absolute Gasteiger partial charge is 0.380 e. The molecule has 3 saturated heterocycles. The predicted molar refractivity (Wildman–Crippen MR) is 72.8 cm³/mol. The van der Waals surface area contributed by atoms with E-state index in [1.165, 1.54) is 45.6 Å². The average Bonchev–Trinajstić information content (AvgIpc) is 2.36. The van der Waals surface area contributed by atoms with Gasteiger partial charge in [-0.15, -0.1) is 0 Å². The number of ether oxygens (including phenoxy) is 1. The maximum Gasteiger partial charge on any atom is 0.0559 e. The van der Waals surface area contributed by atoms with Crippen molar-refractivity contribution in [3.8, 4) is 0 Å². The topological polar surface area (TPSA) is 27.7 Å². The van der Waals surface area contributed by atoms with E-state index in [0.717, 1.165) is 32.2 Å². The zero-order valence-corrected chi connectivity index (χ0v) is 11.7. The molecule has 0 aliphatic carbocycles. The van der Waals surface area contributed by atoms with Crippen LogP contribution in [0.15, 0.2) is 0 Å². The van der Waals surface area contributed by atoms with Crippen molar-refractivity contribution in [2.45, 2.75) is 12.8 Å². The summed E-state index contributed by atoms with van der Waals surface area (Å²) in [5.74, 6) is 0.886. The molecule has 0 saturated carbocycles. The monoisotopic (exact) mass is 253 g/mol.